The molecule has 0 aromatic heterocycles. The van der Waals surface area contributed by atoms with Crippen molar-refractivity contribution in [1.82, 2.24) is 5.32 Å². The molecule has 0 radical (unpaired) electrons. The molecule has 1 aliphatic carbocycles. The highest BCUT2D eigenvalue weighted by Gasteiger charge is 2.15. The van der Waals surface area contributed by atoms with Crippen LogP contribution in [0.25, 0.3) is 0 Å². The highest BCUT2D eigenvalue weighted by Crippen LogP contribution is 2.19. The second-order valence-electron chi connectivity index (χ2n) is 5.78. The van der Waals surface area contributed by atoms with Crippen molar-refractivity contribution in [2.24, 2.45) is 0 Å². The zero-order chi connectivity index (χ0) is 14.9. The van der Waals surface area contributed by atoms with Gasteiger partial charge in [0.15, 0.2) is 5.78 Å². The monoisotopic (exact) mass is 289 g/mol. The van der Waals surface area contributed by atoms with E-state index in [2.05, 4.69) is 5.32 Å². The summed E-state index contributed by atoms with van der Waals surface area (Å²) in [5.41, 5.74) is 0.692. The van der Waals surface area contributed by atoms with Gasteiger partial charge in [0.2, 0.25) is 0 Å². The Morgan fingerprint density at radius 3 is 2.52 bits per heavy atom. The Balaban J connectivity index is 1.88. The summed E-state index contributed by atoms with van der Waals surface area (Å²) in [4.78, 5) is 12.4. The molecule has 0 saturated heterocycles. The highest BCUT2D eigenvalue weighted by molar-refractivity contribution is 6.00. The second-order valence-corrected chi connectivity index (χ2v) is 5.78. The van der Waals surface area contributed by atoms with Crippen LogP contribution in [0.15, 0.2) is 24.3 Å². The zero-order valence-electron chi connectivity index (χ0n) is 13.1. The average Bonchev–Trinajstić information content (AvgIpc) is 2.47. The van der Waals surface area contributed by atoms with Crippen LogP contribution in [0.3, 0.4) is 0 Å². The van der Waals surface area contributed by atoms with E-state index in [1.54, 1.807) is 0 Å². The summed E-state index contributed by atoms with van der Waals surface area (Å²) in [5.74, 6) is 0.825. The SMILES string of the molecule is CCOc1ccccc1C(=O)CNC1CCCCCCC1. The number of Topliss-reactive ketones (excluding diaryl/α,β-unsaturated/α-hetero) is 1. The standard InChI is InChI=1S/C18H27NO2/c1-2-21-18-13-9-8-12-16(18)17(20)14-19-15-10-6-4-3-5-7-11-15/h8-9,12-13,15,19H,2-7,10-11,14H2,1H3. The maximum atomic E-state index is 12.4. The largest absolute Gasteiger partial charge is 0.493 e. The fourth-order valence-electron chi connectivity index (χ4n) is 2.97. The molecule has 3 nitrogen and oxygen atoms in total. The predicted molar refractivity (Wildman–Crippen MR) is 86.1 cm³/mol. The number of hydrogen-bond acceptors (Lipinski definition) is 3. The third-order valence-electron chi connectivity index (χ3n) is 4.14. The van der Waals surface area contributed by atoms with Crippen molar-refractivity contribution in [1.29, 1.82) is 0 Å². The molecule has 116 valence electrons. The minimum Gasteiger partial charge on any atom is -0.493 e. The Hall–Kier alpha value is -1.35. The average molecular weight is 289 g/mol. The van der Waals surface area contributed by atoms with E-state index < -0.39 is 0 Å². The molecule has 0 heterocycles. The van der Waals surface area contributed by atoms with Gasteiger partial charge in [-0.25, -0.2) is 0 Å². The summed E-state index contributed by atoms with van der Waals surface area (Å²) in [6.45, 7) is 2.93. The molecule has 21 heavy (non-hydrogen) atoms. The first-order valence-corrected chi connectivity index (χ1v) is 8.29. The molecule has 0 spiro atoms. The van der Waals surface area contributed by atoms with Gasteiger partial charge in [0.25, 0.3) is 0 Å². The van der Waals surface area contributed by atoms with Gasteiger partial charge in [-0.15, -0.1) is 0 Å². The van der Waals surface area contributed by atoms with Crippen molar-refractivity contribution < 1.29 is 9.53 Å². The third kappa shape index (κ3) is 5.16. The molecule has 1 aliphatic rings. The fourth-order valence-corrected chi connectivity index (χ4v) is 2.97. The molecule has 0 bridgehead atoms. The van der Waals surface area contributed by atoms with E-state index in [-0.39, 0.29) is 5.78 Å². The highest BCUT2D eigenvalue weighted by atomic mass is 16.5. The summed E-state index contributed by atoms with van der Waals surface area (Å²) < 4.78 is 5.54. The van der Waals surface area contributed by atoms with E-state index in [1.165, 1.54) is 44.9 Å². The van der Waals surface area contributed by atoms with Crippen molar-refractivity contribution in [3.63, 3.8) is 0 Å². The quantitative estimate of drug-likeness (QED) is 0.805. The molecular weight excluding hydrogens is 262 g/mol. The van der Waals surface area contributed by atoms with Gasteiger partial charge in [0.05, 0.1) is 18.7 Å². The number of rotatable bonds is 6. The third-order valence-corrected chi connectivity index (χ3v) is 4.14. The first-order chi connectivity index (χ1) is 10.3. The summed E-state index contributed by atoms with van der Waals surface area (Å²) in [5, 5.41) is 3.45. The van der Waals surface area contributed by atoms with Crippen molar-refractivity contribution in [3.8, 4) is 5.75 Å². The van der Waals surface area contributed by atoms with Gasteiger partial charge < -0.3 is 10.1 Å². The molecule has 0 unspecified atom stereocenters. The lowest BCUT2D eigenvalue weighted by Gasteiger charge is -2.21. The Bertz CT molecular complexity index is 437. The molecule has 1 aromatic rings. The Morgan fingerprint density at radius 1 is 1.14 bits per heavy atom. The van der Waals surface area contributed by atoms with Crippen LogP contribution in [-0.4, -0.2) is 25.0 Å². The summed E-state index contributed by atoms with van der Waals surface area (Å²) in [7, 11) is 0. The van der Waals surface area contributed by atoms with Gasteiger partial charge in [-0.2, -0.15) is 0 Å². The van der Waals surface area contributed by atoms with Crippen LogP contribution in [0.4, 0.5) is 0 Å². The van der Waals surface area contributed by atoms with Crippen LogP contribution >= 0.6 is 0 Å². The minimum atomic E-state index is 0.126. The van der Waals surface area contributed by atoms with Crippen LogP contribution in [0.1, 0.15) is 62.2 Å². The summed E-state index contributed by atoms with van der Waals surface area (Å²) in [6.07, 6.45) is 8.98. The zero-order valence-corrected chi connectivity index (χ0v) is 13.1. The maximum Gasteiger partial charge on any atom is 0.180 e. The fraction of sp³-hybridized carbons (Fsp3) is 0.611. The number of ketones is 1. The van der Waals surface area contributed by atoms with Crippen LogP contribution in [0.2, 0.25) is 0 Å². The van der Waals surface area contributed by atoms with Gasteiger partial charge in [-0.05, 0) is 31.9 Å². The molecule has 0 aliphatic heterocycles. The number of hydrogen-bond donors (Lipinski definition) is 1. The molecule has 1 saturated carbocycles. The van der Waals surface area contributed by atoms with E-state index in [9.17, 15) is 4.79 Å². The van der Waals surface area contributed by atoms with Crippen molar-refractivity contribution in [3.05, 3.63) is 29.8 Å². The Morgan fingerprint density at radius 2 is 1.81 bits per heavy atom. The molecular formula is C18H27NO2. The van der Waals surface area contributed by atoms with E-state index in [1.807, 2.05) is 31.2 Å². The Kier molecular flexibility index (Phi) is 6.74. The topological polar surface area (TPSA) is 38.3 Å². The van der Waals surface area contributed by atoms with Gasteiger partial charge >= 0.3 is 0 Å². The number of ether oxygens (including phenoxy) is 1. The number of para-hydroxylation sites is 1. The Labute approximate surface area is 128 Å². The van der Waals surface area contributed by atoms with Crippen LogP contribution in [-0.2, 0) is 0 Å². The van der Waals surface area contributed by atoms with Gasteiger partial charge in [0, 0.05) is 6.04 Å². The van der Waals surface area contributed by atoms with Gasteiger partial charge in [-0.1, -0.05) is 44.2 Å². The smallest absolute Gasteiger partial charge is 0.180 e. The molecule has 3 heteroatoms. The first kappa shape index (κ1) is 16.0. The number of carbonyl (C=O) groups excluding carboxylic acids is 1. The molecule has 0 amide bonds. The lowest BCUT2D eigenvalue weighted by Crippen LogP contribution is -2.34. The van der Waals surface area contributed by atoms with E-state index >= 15 is 0 Å². The van der Waals surface area contributed by atoms with Crippen LogP contribution in [0, 0.1) is 0 Å². The number of benzene rings is 1. The van der Waals surface area contributed by atoms with E-state index in [0.29, 0.717) is 30.5 Å². The lowest BCUT2D eigenvalue weighted by molar-refractivity contribution is 0.0982. The molecule has 1 fully saturated rings. The molecule has 1 aromatic carbocycles. The molecule has 1 N–H and O–H groups in total. The number of carbonyl (C=O) groups is 1. The second kappa shape index (κ2) is 8.83. The van der Waals surface area contributed by atoms with E-state index in [4.69, 9.17) is 4.74 Å². The van der Waals surface area contributed by atoms with Crippen molar-refractivity contribution >= 4 is 5.78 Å². The van der Waals surface area contributed by atoms with Crippen molar-refractivity contribution in [2.45, 2.75) is 57.9 Å². The normalized spacial score (nSPS) is 17.0. The summed E-state index contributed by atoms with van der Waals surface area (Å²) in [6, 6.07) is 8.02. The van der Waals surface area contributed by atoms with E-state index in [0.717, 1.165) is 0 Å². The molecule has 0 atom stereocenters. The van der Waals surface area contributed by atoms with Gasteiger partial charge in [-0.3, -0.25) is 4.79 Å². The maximum absolute atomic E-state index is 12.4. The number of nitrogens with one attached hydrogen (secondary N) is 1. The van der Waals surface area contributed by atoms with Crippen molar-refractivity contribution in [2.75, 3.05) is 13.2 Å². The first-order valence-electron chi connectivity index (χ1n) is 8.29. The lowest BCUT2D eigenvalue weighted by atomic mass is 9.96. The van der Waals surface area contributed by atoms with Crippen LogP contribution < -0.4 is 10.1 Å². The van der Waals surface area contributed by atoms with Crippen LogP contribution in [0.5, 0.6) is 5.75 Å². The summed E-state index contributed by atoms with van der Waals surface area (Å²) >= 11 is 0. The molecule has 2 rings (SSSR count). The van der Waals surface area contributed by atoms with Gasteiger partial charge in [0.1, 0.15) is 5.75 Å². The predicted octanol–water partition coefficient (Wildman–Crippen LogP) is 3.97. The minimum absolute atomic E-state index is 0.126.